The Balaban J connectivity index is 1.36. The van der Waals surface area contributed by atoms with Crippen molar-refractivity contribution in [1.29, 1.82) is 5.26 Å². The number of aryl methyl sites for hydroxylation is 5. The highest BCUT2D eigenvalue weighted by atomic mass is 19.4. The molecule has 0 atom stereocenters. The van der Waals surface area contributed by atoms with Gasteiger partial charge < -0.3 is 9.13 Å². The summed E-state index contributed by atoms with van der Waals surface area (Å²) in [6.45, 7) is 18.6. The number of hydrogen-bond acceptors (Lipinski definition) is 1. The maximum Gasteiger partial charge on any atom is 0.415 e. The zero-order valence-electron chi connectivity index (χ0n) is 35.3. The highest BCUT2D eigenvalue weighted by molar-refractivity contribution is 6.12. The van der Waals surface area contributed by atoms with Crippen molar-refractivity contribution in [3.05, 3.63) is 196 Å². The van der Waals surface area contributed by atoms with Gasteiger partial charge in [-0.2, -0.15) is 18.4 Å². The first kappa shape index (κ1) is 39.3. The van der Waals surface area contributed by atoms with Crippen molar-refractivity contribution in [3.8, 4) is 50.8 Å². The lowest BCUT2D eigenvalue weighted by molar-refractivity contribution is -0.137. The van der Waals surface area contributed by atoms with Crippen molar-refractivity contribution < 1.29 is 13.2 Å². The molecule has 63 heavy (non-hydrogen) atoms. The summed E-state index contributed by atoms with van der Waals surface area (Å²) in [6.07, 6.45) is -4.80. The maximum absolute atomic E-state index is 15.4. The molecule has 2 heterocycles. The van der Waals surface area contributed by atoms with Crippen LogP contribution in [0.1, 0.15) is 38.9 Å². The van der Waals surface area contributed by atoms with Crippen LogP contribution < -0.4 is 0 Å². The van der Waals surface area contributed by atoms with Crippen LogP contribution in [0, 0.1) is 52.5 Å². The highest BCUT2D eigenvalue weighted by Gasteiger charge is 2.36. The first-order valence-corrected chi connectivity index (χ1v) is 20.8. The van der Waals surface area contributed by atoms with Gasteiger partial charge in [-0.3, -0.25) is 0 Å². The highest BCUT2D eigenvalue weighted by Crippen LogP contribution is 2.48. The molecule has 2 aromatic heterocycles. The second kappa shape index (κ2) is 14.6. The first-order valence-electron chi connectivity index (χ1n) is 20.8. The molecule has 0 amide bonds. The van der Waals surface area contributed by atoms with Crippen molar-refractivity contribution in [3.63, 3.8) is 0 Å². The van der Waals surface area contributed by atoms with Gasteiger partial charge in [0.2, 0.25) is 0 Å². The second-order valence-corrected chi connectivity index (χ2v) is 16.6. The van der Waals surface area contributed by atoms with Crippen LogP contribution in [0.3, 0.4) is 0 Å². The number of rotatable bonds is 5. The van der Waals surface area contributed by atoms with Gasteiger partial charge in [0.1, 0.15) is 6.07 Å². The molecule has 10 rings (SSSR count). The summed E-state index contributed by atoms with van der Waals surface area (Å²) in [7, 11) is 0. The fourth-order valence-electron chi connectivity index (χ4n) is 9.95. The number of benzene rings is 8. The Morgan fingerprint density at radius 2 is 1.08 bits per heavy atom. The molecule has 304 valence electrons. The quantitative estimate of drug-likeness (QED) is 0.159. The Morgan fingerprint density at radius 3 is 1.68 bits per heavy atom. The maximum atomic E-state index is 15.4. The number of nitrogens with zero attached hydrogens (tertiary/aromatic N) is 4. The Bertz CT molecular complexity index is 3620. The summed E-state index contributed by atoms with van der Waals surface area (Å²) in [5, 5.41) is 14.9. The molecule has 0 fully saturated rings. The SMILES string of the molecule is [C-]#[N+]c1cccc(C(F)(F)F)c1-c1cc(-n2c3ccccc3c3ccc(-c4ccc(C)cc4C)cc32)c(C#N)cc1-n1c2ccccc2c2ccc(-c3c(C)cc(C)cc3C)cc21. The lowest BCUT2D eigenvalue weighted by Gasteiger charge is -2.22. The number of para-hydroxylation sites is 2. The van der Waals surface area contributed by atoms with Crippen LogP contribution in [0.15, 0.2) is 146 Å². The average Bonchev–Trinajstić information content (AvgIpc) is 3.77. The van der Waals surface area contributed by atoms with Gasteiger partial charge in [0, 0.05) is 27.1 Å². The third-order valence-electron chi connectivity index (χ3n) is 12.5. The molecule has 0 saturated carbocycles. The monoisotopic (exact) mass is 824 g/mol. The first-order chi connectivity index (χ1) is 30.4. The van der Waals surface area contributed by atoms with Crippen molar-refractivity contribution in [1.82, 2.24) is 9.13 Å². The van der Waals surface area contributed by atoms with Crippen LogP contribution in [0.25, 0.3) is 93.2 Å². The van der Waals surface area contributed by atoms with Gasteiger partial charge in [-0.05, 0) is 116 Å². The molecule has 0 aliphatic heterocycles. The molecule has 8 aromatic carbocycles. The molecule has 0 aliphatic carbocycles. The van der Waals surface area contributed by atoms with Crippen molar-refractivity contribution in [2.45, 2.75) is 40.8 Å². The molecule has 7 heteroatoms. The predicted octanol–water partition coefficient (Wildman–Crippen LogP) is 15.9. The van der Waals surface area contributed by atoms with E-state index >= 15 is 13.2 Å². The van der Waals surface area contributed by atoms with E-state index in [0.717, 1.165) is 99.7 Å². The van der Waals surface area contributed by atoms with E-state index in [-0.39, 0.29) is 22.4 Å². The zero-order chi connectivity index (χ0) is 43.9. The molecular formula is C56H39F3N4. The number of aromatic nitrogens is 2. The van der Waals surface area contributed by atoms with Crippen LogP contribution >= 0.6 is 0 Å². The fraction of sp³-hybridized carbons (Fsp3) is 0.107. The molecule has 10 aromatic rings. The van der Waals surface area contributed by atoms with E-state index in [9.17, 15) is 5.26 Å². The van der Waals surface area contributed by atoms with E-state index in [4.69, 9.17) is 6.57 Å². The van der Waals surface area contributed by atoms with E-state index in [2.05, 4.69) is 112 Å². The Hall–Kier alpha value is -7.87. The van der Waals surface area contributed by atoms with Gasteiger partial charge in [-0.25, -0.2) is 4.85 Å². The van der Waals surface area contributed by atoms with E-state index in [1.165, 1.54) is 12.1 Å². The topological polar surface area (TPSA) is 38.0 Å². The molecule has 4 nitrogen and oxygen atoms in total. The lowest BCUT2D eigenvalue weighted by atomic mass is 9.92. The Kier molecular flexibility index (Phi) is 9.13. The number of alkyl halides is 3. The average molecular weight is 825 g/mol. The smallest absolute Gasteiger partial charge is 0.309 e. The third-order valence-corrected chi connectivity index (χ3v) is 12.5. The van der Waals surface area contributed by atoms with Gasteiger partial charge in [-0.1, -0.05) is 120 Å². The van der Waals surface area contributed by atoms with Crippen molar-refractivity contribution in [2.75, 3.05) is 0 Å². The summed E-state index contributed by atoms with van der Waals surface area (Å²) >= 11 is 0. The van der Waals surface area contributed by atoms with E-state index in [1.54, 1.807) is 12.1 Å². The number of fused-ring (bicyclic) bond motifs is 6. The molecule has 0 spiro atoms. The molecule has 0 N–H and O–H groups in total. The molecule has 0 radical (unpaired) electrons. The zero-order valence-corrected chi connectivity index (χ0v) is 35.3. The van der Waals surface area contributed by atoms with Crippen LogP contribution in [0.2, 0.25) is 0 Å². The molecule has 0 bridgehead atoms. The largest absolute Gasteiger partial charge is 0.415 e. The van der Waals surface area contributed by atoms with E-state index in [0.29, 0.717) is 11.4 Å². The third kappa shape index (κ3) is 6.27. The van der Waals surface area contributed by atoms with Crippen molar-refractivity contribution >= 4 is 49.3 Å². The van der Waals surface area contributed by atoms with Crippen LogP contribution in [0.4, 0.5) is 18.9 Å². The Labute approximate surface area is 363 Å². The summed E-state index contributed by atoms with van der Waals surface area (Å²) in [5.41, 5.74) is 12.7. The van der Waals surface area contributed by atoms with Crippen molar-refractivity contribution in [2.24, 2.45) is 0 Å². The van der Waals surface area contributed by atoms with Crippen LogP contribution in [0.5, 0.6) is 0 Å². The minimum absolute atomic E-state index is 0.145. The minimum Gasteiger partial charge on any atom is -0.309 e. The predicted molar refractivity (Wildman–Crippen MR) is 251 cm³/mol. The molecular weight excluding hydrogens is 786 g/mol. The summed E-state index contributed by atoms with van der Waals surface area (Å²) in [5.74, 6) is 0. The number of nitriles is 1. The van der Waals surface area contributed by atoms with Gasteiger partial charge in [-0.15, -0.1) is 0 Å². The van der Waals surface area contributed by atoms with Gasteiger partial charge in [0.15, 0.2) is 5.69 Å². The molecule has 0 aliphatic rings. The summed E-state index contributed by atoms with van der Waals surface area (Å²) in [4.78, 5) is 3.71. The normalized spacial score (nSPS) is 11.8. The number of halogens is 3. The fourth-order valence-corrected chi connectivity index (χ4v) is 9.95. The van der Waals surface area contributed by atoms with Gasteiger partial charge >= 0.3 is 6.18 Å². The van der Waals surface area contributed by atoms with Crippen LogP contribution in [-0.4, -0.2) is 9.13 Å². The number of hydrogen-bond donors (Lipinski definition) is 0. The second-order valence-electron chi connectivity index (χ2n) is 16.6. The van der Waals surface area contributed by atoms with E-state index < -0.39 is 11.7 Å². The lowest BCUT2D eigenvalue weighted by Crippen LogP contribution is -2.10. The Morgan fingerprint density at radius 1 is 0.508 bits per heavy atom. The van der Waals surface area contributed by atoms with Gasteiger partial charge in [0.05, 0.1) is 51.1 Å². The molecule has 0 unspecified atom stereocenters. The van der Waals surface area contributed by atoms with E-state index in [1.807, 2.05) is 57.7 Å². The molecule has 0 saturated heterocycles. The standard InChI is InChI=1S/C56H39F3N4/c1-32-18-21-40(34(3)24-32)37-19-22-43-41-12-7-9-16-48(41)62(51(43)27-37)50-30-45(55-46(56(57,58)59)14-11-15-47(55)61-6)53(29-39(50)31-60)63-49-17-10-8-13-42(49)44-23-20-38(28-52(44)63)54-35(4)25-33(2)26-36(54)5/h7-30H,1-5H3. The summed E-state index contributed by atoms with van der Waals surface area (Å²) in [6, 6.07) is 48.5. The summed E-state index contributed by atoms with van der Waals surface area (Å²) < 4.78 is 50.2. The minimum atomic E-state index is -4.80. The van der Waals surface area contributed by atoms with Gasteiger partial charge in [0.25, 0.3) is 0 Å². The van der Waals surface area contributed by atoms with Crippen LogP contribution in [-0.2, 0) is 6.18 Å².